The first-order valence-electron chi connectivity index (χ1n) is 13.7. The molecule has 0 saturated heterocycles. The van der Waals surface area contributed by atoms with E-state index >= 15 is 0 Å². The van der Waals surface area contributed by atoms with Gasteiger partial charge in [0.25, 0.3) is 0 Å². The van der Waals surface area contributed by atoms with Crippen LogP contribution in [0.1, 0.15) is 42.1 Å². The number of thiazole rings is 1. The van der Waals surface area contributed by atoms with E-state index in [0.717, 1.165) is 34.8 Å². The predicted molar refractivity (Wildman–Crippen MR) is 153 cm³/mol. The van der Waals surface area contributed by atoms with Crippen molar-refractivity contribution in [1.29, 1.82) is 0 Å². The molecule has 0 spiro atoms. The molecule has 5 N–H and O–H groups in total. The number of halogens is 2. The highest BCUT2D eigenvalue weighted by molar-refractivity contribution is 7.21. The first kappa shape index (κ1) is 27.8. The molecule has 3 heterocycles. The Labute approximate surface area is 239 Å². The number of nitrogens with zero attached hydrogens (tertiary/aromatic N) is 4. The molecule has 12 heteroatoms. The minimum Gasteiger partial charge on any atom is -0.396 e. The largest absolute Gasteiger partial charge is 0.396 e. The smallest absolute Gasteiger partial charge is 0.224 e. The number of aryl methyl sites for hydroxylation is 2. The van der Waals surface area contributed by atoms with Crippen molar-refractivity contribution in [3.63, 3.8) is 0 Å². The van der Waals surface area contributed by atoms with Gasteiger partial charge in [0, 0.05) is 31.3 Å². The van der Waals surface area contributed by atoms with Crippen molar-refractivity contribution < 1.29 is 24.1 Å². The van der Waals surface area contributed by atoms with Gasteiger partial charge in [-0.05, 0) is 68.7 Å². The average molecular weight is 583 g/mol. The second kappa shape index (κ2) is 11.2. The summed E-state index contributed by atoms with van der Waals surface area (Å²) < 4.78 is 28.3. The molecule has 6 rings (SSSR count). The first-order valence-corrected chi connectivity index (χ1v) is 14.6. The van der Waals surface area contributed by atoms with E-state index < -0.39 is 35.8 Å². The molecule has 0 unspecified atom stereocenters. The molecule has 4 aromatic rings. The van der Waals surface area contributed by atoms with Crippen LogP contribution >= 0.6 is 11.3 Å². The molecule has 0 amide bonds. The zero-order valence-corrected chi connectivity index (χ0v) is 23.5. The summed E-state index contributed by atoms with van der Waals surface area (Å²) in [6, 6.07) is 5.07. The maximum Gasteiger partial charge on any atom is 0.224 e. The first-order chi connectivity index (χ1) is 19.7. The van der Waals surface area contributed by atoms with Gasteiger partial charge in [0.15, 0.2) is 0 Å². The number of anilines is 2. The Balaban J connectivity index is 1.24. The van der Waals surface area contributed by atoms with Gasteiger partial charge in [0.05, 0.1) is 33.8 Å². The average Bonchev–Trinajstić information content (AvgIpc) is 3.44. The molecule has 2 fully saturated rings. The van der Waals surface area contributed by atoms with Crippen molar-refractivity contribution in [2.24, 2.45) is 11.8 Å². The summed E-state index contributed by atoms with van der Waals surface area (Å²) in [6.45, 7) is 4.14. The Hall–Kier alpha value is -3.32. The maximum absolute atomic E-state index is 13.6. The Morgan fingerprint density at radius 2 is 1.73 bits per heavy atom. The summed E-state index contributed by atoms with van der Waals surface area (Å²) in [6.07, 6.45) is 1.59. The van der Waals surface area contributed by atoms with E-state index in [4.69, 9.17) is 15.0 Å². The van der Waals surface area contributed by atoms with E-state index in [1.165, 1.54) is 23.5 Å². The van der Waals surface area contributed by atoms with E-state index in [1.54, 1.807) is 6.20 Å². The number of aliphatic hydroxyl groups excluding tert-OH is 3. The van der Waals surface area contributed by atoms with Crippen molar-refractivity contribution in [3.8, 4) is 10.6 Å². The number of nitrogens with one attached hydrogen (secondary N) is 2. The Kier molecular flexibility index (Phi) is 7.58. The van der Waals surface area contributed by atoms with Gasteiger partial charge in [-0.25, -0.2) is 18.7 Å². The Morgan fingerprint density at radius 3 is 2.41 bits per heavy atom. The fraction of sp³-hybridized carbons (Fsp3) is 0.448. The Bertz CT molecular complexity index is 1560. The van der Waals surface area contributed by atoms with Crippen molar-refractivity contribution >= 4 is 33.3 Å². The molecule has 1 aromatic carbocycles. The normalized spacial score (nSPS) is 25.8. The number of pyridine rings is 1. The lowest BCUT2D eigenvalue weighted by Gasteiger charge is -2.36. The molecule has 4 atom stereocenters. The quantitative estimate of drug-likeness (QED) is 0.207. The van der Waals surface area contributed by atoms with Crippen LogP contribution in [0.25, 0.3) is 20.8 Å². The van der Waals surface area contributed by atoms with Crippen molar-refractivity contribution in [2.45, 2.75) is 57.3 Å². The fourth-order valence-electron chi connectivity index (χ4n) is 5.95. The zero-order chi connectivity index (χ0) is 28.8. The summed E-state index contributed by atoms with van der Waals surface area (Å²) >= 11 is 1.50. The fourth-order valence-corrected chi connectivity index (χ4v) is 7.06. The number of rotatable bonds is 8. The highest BCUT2D eigenvalue weighted by Gasteiger charge is 2.41. The lowest BCUT2D eigenvalue weighted by molar-refractivity contribution is 0.00446. The number of hydrogen-bond donors (Lipinski definition) is 5. The molecule has 41 heavy (non-hydrogen) atoms. The molecule has 0 aliphatic heterocycles. The summed E-state index contributed by atoms with van der Waals surface area (Å²) in [5, 5.41) is 38.1. The molecule has 3 aromatic heterocycles. The van der Waals surface area contributed by atoms with Crippen LogP contribution in [0.3, 0.4) is 0 Å². The van der Waals surface area contributed by atoms with Gasteiger partial charge < -0.3 is 26.0 Å². The van der Waals surface area contributed by atoms with Gasteiger partial charge in [-0.2, -0.15) is 4.98 Å². The molecule has 2 aliphatic carbocycles. The van der Waals surface area contributed by atoms with Crippen LogP contribution in [0.2, 0.25) is 0 Å². The van der Waals surface area contributed by atoms with E-state index in [9.17, 15) is 24.1 Å². The second-order valence-corrected chi connectivity index (χ2v) is 12.2. The van der Waals surface area contributed by atoms with Crippen LogP contribution in [-0.2, 0) is 0 Å². The second-order valence-electron chi connectivity index (χ2n) is 11.1. The topological polar surface area (TPSA) is 136 Å². The molecule has 9 nitrogen and oxygen atoms in total. The third-order valence-electron chi connectivity index (χ3n) is 8.29. The highest BCUT2D eigenvalue weighted by atomic mass is 32.1. The molecule has 216 valence electrons. The lowest BCUT2D eigenvalue weighted by atomic mass is 9.71. The third kappa shape index (κ3) is 5.49. The van der Waals surface area contributed by atoms with Gasteiger partial charge in [0.1, 0.15) is 34.1 Å². The van der Waals surface area contributed by atoms with E-state index in [0.29, 0.717) is 52.5 Å². The van der Waals surface area contributed by atoms with Gasteiger partial charge in [0.2, 0.25) is 5.95 Å². The number of aromatic nitrogens is 4. The van der Waals surface area contributed by atoms with E-state index in [1.807, 2.05) is 19.9 Å². The predicted octanol–water partition coefficient (Wildman–Crippen LogP) is 4.16. The molecule has 0 bridgehead atoms. The summed E-state index contributed by atoms with van der Waals surface area (Å²) in [4.78, 5) is 18.7. The van der Waals surface area contributed by atoms with Crippen LogP contribution in [0.4, 0.5) is 20.5 Å². The van der Waals surface area contributed by atoms with Crippen molar-refractivity contribution in [2.75, 3.05) is 23.8 Å². The van der Waals surface area contributed by atoms with Gasteiger partial charge in [-0.3, -0.25) is 4.98 Å². The molecular weight excluding hydrogens is 550 g/mol. The van der Waals surface area contributed by atoms with Crippen LogP contribution in [0.5, 0.6) is 0 Å². The molecule has 2 saturated carbocycles. The number of benzene rings is 1. The summed E-state index contributed by atoms with van der Waals surface area (Å²) in [5.41, 5.74) is 3.68. The van der Waals surface area contributed by atoms with Crippen LogP contribution in [0.15, 0.2) is 30.5 Å². The van der Waals surface area contributed by atoms with Crippen LogP contribution in [-0.4, -0.2) is 66.7 Å². The zero-order valence-electron chi connectivity index (χ0n) is 22.7. The Morgan fingerprint density at radius 1 is 0.976 bits per heavy atom. The summed E-state index contributed by atoms with van der Waals surface area (Å²) in [5.74, 6) is -0.281. The van der Waals surface area contributed by atoms with Gasteiger partial charge in [-0.15, -0.1) is 11.3 Å². The summed E-state index contributed by atoms with van der Waals surface area (Å²) in [7, 11) is 0. The van der Waals surface area contributed by atoms with E-state index in [-0.39, 0.29) is 12.5 Å². The lowest BCUT2D eigenvalue weighted by Crippen LogP contribution is -2.36. The van der Waals surface area contributed by atoms with Crippen molar-refractivity contribution in [1.82, 2.24) is 19.9 Å². The maximum atomic E-state index is 13.6. The van der Waals surface area contributed by atoms with Gasteiger partial charge in [-0.1, -0.05) is 0 Å². The molecule has 0 radical (unpaired) electrons. The minimum atomic E-state index is -1.08. The molecule has 2 aliphatic rings. The minimum absolute atomic E-state index is 0.112. The SMILES string of the molecule is Cc1nc(NC[C@H]2C[C@@H](c3cc(F)cc(F)c3)C2)nc(N[C@@H]2C[C@H](CO)[C@@H](O)[C@H]2O)c1-c1nc2c(C)nccc2s1. The number of hydrogen-bond acceptors (Lipinski definition) is 10. The molecular formula is C29H32F2N6O3S. The number of aliphatic hydroxyl groups is 3. The standard InChI is InChI=1S/C29H32F2N6O3S/c1-13-23(28-36-24-14(2)32-4-3-22(24)41-28)27(35-21-9-18(12-38)25(39)26(21)40)37-29(34-13)33-11-15-5-16(6-15)17-7-19(30)10-20(31)8-17/h3-4,7-8,10,15-16,18,21,25-26,38-40H,5-6,9,11-12H2,1-2H3,(H2,33,34,35,37)/t15-,16+,18-,21-,25-,26+/m1/s1. The van der Waals surface area contributed by atoms with Gasteiger partial charge >= 0.3 is 0 Å². The third-order valence-corrected chi connectivity index (χ3v) is 9.33. The van der Waals surface area contributed by atoms with Crippen molar-refractivity contribution in [3.05, 3.63) is 59.0 Å². The van der Waals surface area contributed by atoms with Crippen LogP contribution < -0.4 is 10.6 Å². The van der Waals surface area contributed by atoms with Crippen LogP contribution in [0, 0.1) is 37.3 Å². The number of fused-ring (bicyclic) bond motifs is 1. The monoisotopic (exact) mass is 582 g/mol. The highest BCUT2D eigenvalue weighted by Crippen LogP contribution is 2.42. The van der Waals surface area contributed by atoms with E-state index in [2.05, 4.69) is 15.6 Å².